The van der Waals surface area contributed by atoms with Crippen LogP contribution in [0.25, 0.3) is 22.6 Å². The number of allylic oxidation sites excluding steroid dienone is 3. The van der Waals surface area contributed by atoms with Gasteiger partial charge in [0.1, 0.15) is 5.76 Å². The van der Waals surface area contributed by atoms with Gasteiger partial charge in [0.2, 0.25) is 12.1 Å². The minimum Gasteiger partial charge on any atom is -0.403 e. The fraction of sp³-hybridized carbons (Fsp3) is 0.172. The van der Waals surface area contributed by atoms with Gasteiger partial charge in [0.25, 0.3) is 5.91 Å². The van der Waals surface area contributed by atoms with Crippen molar-refractivity contribution < 1.29 is 13.7 Å². The van der Waals surface area contributed by atoms with E-state index in [9.17, 15) is 10.1 Å². The highest BCUT2D eigenvalue weighted by molar-refractivity contribution is 6.17. The average Bonchev–Trinajstić information content (AvgIpc) is 3.53. The monoisotopic (exact) mass is 517 g/mol. The Hall–Kier alpha value is -5.30. The number of aryl methyl sites for hydroxylation is 2. The predicted molar refractivity (Wildman–Crippen MR) is 143 cm³/mol. The van der Waals surface area contributed by atoms with Crippen LogP contribution in [0.5, 0.6) is 0 Å². The molecule has 1 atom stereocenters. The van der Waals surface area contributed by atoms with Crippen molar-refractivity contribution in [2.45, 2.75) is 32.9 Å². The summed E-state index contributed by atoms with van der Waals surface area (Å²) in [6, 6.07) is 17.1. The predicted octanol–water partition coefficient (Wildman–Crippen LogP) is 4.84. The molecule has 0 saturated heterocycles. The fourth-order valence-electron chi connectivity index (χ4n) is 4.78. The summed E-state index contributed by atoms with van der Waals surface area (Å²) in [5.74, 6) is 0.469. The number of fused-ring (bicyclic) bond motifs is 1. The van der Waals surface area contributed by atoms with Crippen LogP contribution in [0, 0.1) is 25.2 Å². The van der Waals surface area contributed by atoms with Crippen molar-refractivity contribution in [3.8, 4) is 28.7 Å². The number of rotatable bonds is 5. The number of aliphatic imine (C=N–C) groups is 1. The topological polar surface area (TPSA) is 142 Å². The van der Waals surface area contributed by atoms with E-state index >= 15 is 0 Å². The number of nitrogens with zero attached hydrogens (tertiary/aromatic N) is 5. The van der Waals surface area contributed by atoms with Gasteiger partial charge < -0.3 is 19.6 Å². The Morgan fingerprint density at radius 1 is 1.05 bits per heavy atom. The lowest BCUT2D eigenvalue weighted by molar-refractivity contribution is -0.120. The summed E-state index contributed by atoms with van der Waals surface area (Å²) in [5.41, 5.74) is 6.39. The van der Waals surface area contributed by atoms with Crippen molar-refractivity contribution in [3.63, 3.8) is 0 Å². The maximum absolute atomic E-state index is 13.2. The molecule has 1 unspecified atom stereocenters. The molecule has 3 heterocycles. The Balaban J connectivity index is 1.37. The third kappa shape index (κ3) is 4.51. The van der Waals surface area contributed by atoms with Gasteiger partial charge in [-0.3, -0.25) is 4.79 Å². The minimum absolute atomic E-state index is 0.0308. The number of anilines is 1. The van der Waals surface area contributed by atoms with E-state index in [-0.39, 0.29) is 17.8 Å². The maximum atomic E-state index is 13.2. The molecule has 2 aromatic carbocycles. The number of hydrogen-bond donors (Lipinski definition) is 2. The number of benzene rings is 2. The molecule has 0 bridgehead atoms. The second-order valence-corrected chi connectivity index (χ2v) is 9.18. The Labute approximate surface area is 223 Å². The number of nitrogens with one attached hydrogen (secondary N) is 2. The van der Waals surface area contributed by atoms with Crippen LogP contribution in [-0.2, 0) is 4.79 Å². The molecule has 2 N–H and O–H groups in total. The molecule has 192 valence electrons. The third-order valence-electron chi connectivity index (χ3n) is 6.59. The zero-order valence-corrected chi connectivity index (χ0v) is 21.2. The molecule has 1 aliphatic carbocycles. The van der Waals surface area contributed by atoms with Gasteiger partial charge in [0.05, 0.1) is 23.0 Å². The first kappa shape index (κ1) is 24.1. The zero-order valence-electron chi connectivity index (χ0n) is 21.2. The second kappa shape index (κ2) is 9.87. The molecule has 1 amide bonds. The van der Waals surface area contributed by atoms with Crippen molar-refractivity contribution in [1.29, 1.82) is 5.26 Å². The normalized spacial score (nSPS) is 16.7. The number of hydrogen-bond acceptors (Lipinski definition) is 9. The molecule has 2 aliphatic rings. The molecule has 1 aliphatic heterocycles. The molecule has 10 nitrogen and oxygen atoms in total. The highest BCUT2D eigenvalue weighted by Gasteiger charge is 2.30. The second-order valence-electron chi connectivity index (χ2n) is 9.18. The van der Waals surface area contributed by atoms with Crippen molar-refractivity contribution >= 4 is 17.6 Å². The smallest absolute Gasteiger partial charge is 0.317 e. The molecular weight excluding hydrogens is 494 g/mol. The molecule has 4 aromatic rings. The van der Waals surface area contributed by atoms with E-state index in [1.54, 1.807) is 25.1 Å². The Morgan fingerprint density at radius 2 is 1.87 bits per heavy atom. The van der Waals surface area contributed by atoms with Gasteiger partial charge in [-0.1, -0.05) is 52.7 Å². The molecule has 2 aromatic heterocycles. The van der Waals surface area contributed by atoms with Crippen LogP contribution in [0.4, 0.5) is 6.01 Å². The first-order chi connectivity index (χ1) is 19.0. The molecule has 6 rings (SSSR count). The molecule has 10 heteroatoms. The highest BCUT2D eigenvalue weighted by atomic mass is 16.5. The molecule has 0 spiro atoms. The summed E-state index contributed by atoms with van der Waals surface area (Å²) in [6.07, 6.45) is 4.80. The van der Waals surface area contributed by atoms with Crippen LogP contribution in [-0.4, -0.2) is 33.1 Å². The van der Waals surface area contributed by atoms with Gasteiger partial charge in [-0.05, 0) is 44.9 Å². The molecule has 39 heavy (non-hydrogen) atoms. The minimum atomic E-state index is -1.01. The summed E-state index contributed by atoms with van der Waals surface area (Å²) >= 11 is 0. The number of carbonyl (C=O) groups is 1. The van der Waals surface area contributed by atoms with E-state index in [4.69, 9.17) is 13.9 Å². The first-order valence-electron chi connectivity index (χ1n) is 12.4. The van der Waals surface area contributed by atoms with Crippen LogP contribution in [0.2, 0.25) is 0 Å². The van der Waals surface area contributed by atoms with Gasteiger partial charge in [-0.25, -0.2) is 4.99 Å². The summed E-state index contributed by atoms with van der Waals surface area (Å²) in [7, 11) is 0. The quantitative estimate of drug-likeness (QED) is 0.383. The number of amides is 1. The standard InChI is InChI=1S/C29H23N7O3/c1-16-24(17(2)39-36-16)22-14-18(15-30)12-13-20(22)28-34-35-29(38-28)33-26-27(37)31-23-11-7-6-10-21(23)25(32-26)19-8-4-3-5-9-19/h3-5,8-14,26H,6-7H2,1-2H3,(H,31,37)(H,33,35). The average molecular weight is 518 g/mol. The molecule has 0 fully saturated rings. The van der Waals surface area contributed by atoms with Gasteiger partial charge in [0.15, 0.2) is 0 Å². The van der Waals surface area contributed by atoms with Crippen molar-refractivity contribution in [1.82, 2.24) is 20.7 Å². The molecule has 0 saturated carbocycles. The largest absolute Gasteiger partial charge is 0.403 e. The summed E-state index contributed by atoms with van der Waals surface area (Å²) in [4.78, 5) is 18.0. The van der Waals surface area contributed by atoms with E-state index in [1.165, 1.54) is 0 Å². The lowest BCUT2D eigenvalue weighted by atomic mass is 9.95. The van der Waals surface area contributed by atoms with Gasteiger partial charge in [-0.2, -0.15) is 5.26 Å². The maximum Gasteiger partial charge on any atom is 0.317 e. The third-order valence-corrected chi connectivity index (χ3v) is 6.59. The van der Waals surface area contributed by atoms with E-state index < -0.39 is 6.17 Å². The zero-order chi connectivity index (χ0) is 26.9. The van der Waals surface area contributed by atoms with Crippen molar-refractivity contribution in [2.75, 3.05) is 5.32 Å². The van der Waals surface area contributed by atoms with Crippen molar-refractivity contribution in [2.24, 2.45) is 4.99 Å². The number of nitriles is 1. The van der Waals surface area contributed by atoms with Crippen LogP contribution in [0.1, 0.15) is 35.4 Å². The number of aromatic nitrogens is 3. The summed E-state index contributed by atoms with van der Waals surface area (Å²) in [6.45, 7) is 3.62. The van der Waals surface area contributed by atoms with Crippen molar-refractivity contribution in [3.05, 3.63) is 94.5 Å². The Kier molecular flexibility index (Phi) is 6.09. The summed E-state index contributed by atoms with van der Waals surface area (Å²) in [5, 5.41) is 27.8. The van der Waals surface area contributed by atoms with Gasteiger partial charge in [-0.15, -0.1) is 5.10 Å². The van der Waals surface area contributed by atoms with Gasteiger partial charge in [0, 0.05) is 33.5 Å². The van der Waals surface area contributed by atoms with Crippen LogP contribution in [0.15, 0.2) is 85.9 Å². The summed E-state index contributed by atoms with van der Waals surface area (Å²) < 4.78 is 11.3. The van der Waals surface area contributed by atoms with E-state index in [2.05, 4.69) is 38.1 Å². The SMILES string of the molecule is Cc1noc(C)c1-c1cc(C#N)ccc1-c1nnc(NC2N=C(c3ccccc3)C3=CCCC=C3NC2=O)o1. The number of carbonyl (C=O) groups excluding carboxylic acids is 1. The Morgan fingerprint density at radius 3 is 2.64 bits per heavy atom. The fourth-order valence-corrected chi connectivity index (χ4v) is 4.78. The van der Waals surface area contributed by atoms with Crippen LogP contribution < -0.4 is 10.6 Å². The van der Waals surface area contributed by atoms with Gasteiger partial charge >= 0.3 is 6.01 Å². The molecule has 0 radical (unpaired) electrons. The molecular formula is C29H23N7O3. The van der Waals surface area contributed by atoms with Crippen LogP contribution >= 0.6 is 0 Å². The van der Waals surface area contributed by atoms with E-state index in [1.807, 2.05) is 43.3 Å². The first-order valence-corrected chi connectivity index (χ1v) is 12.4. The lowest BCUT2D eigenvalue weighted by Crippen LogP contribution is -2.36. The Bertz CT molecular complexity index is 1700. The highest BCUT2D eigenvalue weighted by Crippen LogP contribution is 2.36. The van der Waals surface area contributed by atoms with Crippen LogP contribution in [0.3, 0.4) is 0 Å². The van der Waals surface area contributed by atoms with E-state index in [0.717, 1.165) is 35.2 Å². The van der Waals surface area contributed by atoms with E-state index in [0.29, 0.717) is 33.9 Å². The lowest BCUT2D eigenvalue weighted by Gasteiger charge is -2.16.